The smallest absolute Gasteiger partial charge is 0.261 e. The van der Waals surface area contributed by atoms with Crippen LogP contribution in [0.4, 0.5) is 5.69 Å². The van der Waals surface area contributed by atoms with Gasteiger partial charge in [0.05, 0.1) is 11.7 Å². The molecule has 4 nitrogen and oxygen atoms in total. The van der Waals surface area contributed by atoms with E-state index in [1.165, 1.54) is 0 Å². The second-order valence-electron chi connectivity index (χ2n) is 6.09. The molecule has 1 amide bonds. The van der Waals surface area contributed by atoms with Crippen molar-refractivity contribution in [2.24, 2.45) is 0 Å². The number of benzene rings is 2. The van der Waals surface area contributed by atoms with Crippen LogP contribution in [0.2, 0.25) is 0 Å². The number of nitrogens with one attached hydrogen (secondary N) is 2. The highest BCUT2D eigenvalue weighted by Crippen LogP contribution is 2.24. The SMILES string of the molecule is Cc1cc(C)cc(NC(=S)NC(=O)c2cc(Br)ccc2OC(C)C)c1. The molecule has 0 spiro atoms. The van der Waals surface area contributed by atoms with Gasteiger partial charge in [0.1, 0.15) is 5.75 Å². The number of halogens is 1. The molecule has 0 radical (unpaired) electrons. The number of aryl methyl sites for hydroxylation is 2. The molecule has 2 N–H and O–H groups in total. The molecular formula is C19H21BrN2O2S. The molecule has 0 heterocycles. The highest BCUT2D eigenvalue weighted by Gasteiger charge is 2.16. The minimum Gasteiger partial charge on any atom is -0.490 e. The Bertz CT molecular complexity index is 786. The van der Waals surface area contributed by atoms with Crippen molar-refractivity contribution in [1.29, 1.82) is 0 Å². The summed E-state index contributed by atoms with van der Waals surface area (Å²) in [5.41, 5.74) is 3.51. The van der Waals surface area contributed by atoms with Gasteiger partial charge in [-0.25, -0.2) is 0 Å². The van der Waals surface area contributed by atoms with Gasteiger partial charge < -0.3 is 10.1 Å². The number of hydrogen-bond donors (Lipinski definition) is 2. The van der Waals surface area contributed by atoms with Gasteiger partial charge in [-0.3, -0.25) is 10.1 Å². The summed E-state index contributed by atoms with van der Waals surface area (Å²) in [7, 11) is 0. The monoisotopic (exact) mass is 420 g/mol. The first-order valence-electron chi connectivity index (χ1n) is 7.91. The summed E-state index contributed by atoms with van der Waals surface area (Å²) in [5.74, 6) is 0.198. The van der Waals surface area contributed by atoms with Crippen LogP contribution < -0.4 is 15.4 Å². The van der Waals surface area contributed by atoms with E-state index >= 15 is 0 Å². The van der Waals surface area contributed by atoms with Gasteiger partial charge in [0.15, 0.2) is 5.11 Å². The first-order chi connectivity index (χ1) is 11.7. The topological polar surface area (TPSA) is 50.4 Å². The molecule has 2 rings (SSSR count). The molecule has 132 valence electrons. The van der Waals surface area contributed by atoms with E-state index < -0.39 is 0 Å². The normalized spacial score (nSPS) is 10.5. The van der Waals surface area contributed by atoms with Crippen molar-refractivity contribution in [3.8, 4) is 5.75 Å². The molecule has 25 heavy (non-hydrogen) atoms. The van der Waals surface area contributed by atoms with Crippen molar-refractivity contribution < 1.29 is 9.53 Å². The summed E-state index contributed by atoms with van der Waals surface area (Å²) in [6.45, 7) is 7.85. The van der Waals surface area contributed by atoms with Gasteiger partial charge in [-0.15, -0.1) is 0 Å². The highest BCUT2D eigenvalue weighted by atomic mass is 79.9. The maximum absolute atomic E-state index is 12.6. The third-order valence-corrected chi connectivity index (χ3v) is 3.95. The Morgan fingerprint density at radius 2 is 1.76 bits per heavy atom. The quantitative estimate of drug-likeness (QED) is 0.684. The molecule has 6 heteroatoms. The minimum atomic E-state index is -0.321. The Kier molecular flexibility index (Phi) is 6.56. The van der Waals surface area contributed by atoms with Gasteiger partial charge in [0, 0.05) is 10.2 Å². The minimum absolute atomic E-state index is 0.0342. The predicted molar refractivity (Wildman–Crippen MR) is 110 cm³/mol. The summed E-state index contributed by atoms with van der Waals surface area (Å²) in [6.07, 6.45) is -0.0342. The second-order valence-corrected chi connectivity index (χ2v) is 7.42. The molecule has 0 aliphatic rings. The van der Waals surface area contributed by atoms with Crippen molar-refractivity contribution in [3.63, 3.8) is 0 Å². The highest BCUT2D eigenvalue weighted by molar-refractivity contribution is 9.10. The van der Waals surface area contributed by atoms with E-state index in [9.17, 15) is 4.79 Å². The first-order valence-corrected chi connectivity index (χ1v) is 9.11. The maximum atomic E-state index is 12.6. The van der Waals surface area contributed by atoms with Gasteiger partial charge in [0.2, 0.25) is 0 Å². The number of anilines is 1. The Morgan fingerprint density at radius 1 is 1.12 bits per heavy atom. The molecular weight excluding hydrogens is 400 g/mol. The second kappa shape index (κ2) is 8.45. The Hall–Kier alpha value is -1.92. The van der Waals surface area contributed by atoms with Gasteiger partial charge in [-0.2, -0.15) is 0 Å². The predicted octanol–water partition coefficient (Wildman–Crippen LogP) is 4.98. The fourth-order valence-electron chi connectivity index (χ4n) is 2.42. The van der Waals surface area contributed by atoms with Gasteiger partial charge in [0.25, 0.3) is 5.91 Å². The van der Waals surface area contributed by atoms with Crippen molar-refractivity contribution in [2.45, 2.75) is 33.8 Å². The lowest BCUT2D eigenvalue weighted by Gasteiger charge is -2.15. The molecule has 0 fully saturated rings. The van der Waals surface area contributed by atoms with E-state index in [1.807, 2.05) is 45.9 Å². The average Bonchev–Trinajstić information content (AvgIpc) is 2.47. The number of carbonyl (C=O) groups is 1. The summed E-state index contributed by atoms with van der Waals surface area (Å²) in [4.78, 5) is 12.6. The summed E-state index contributed by atoms with van der Waals surface area (Å²) < 4.78 is 6.50. The van der Waals surface area contributed by atoms with E-state index in [4.69, 9.17) is 17.0 Å². The molecule has 2 aromatic rings. The zero-order valence-electron chi connectivity index (χ0n) is 14.6. The zero-order chi connectivity index (χ0) is 18.6. The lowest BCUT2D eigenvalue weighted by molar-refractivity contribution is 0.0972. The third kappa shape index (κ3) is 5.83. The Labute approximate surface area is 162 Å². The Morgan fingerprint density at radius 3 is 2.36 bits per heavy atom. The standard InChI is InChI=1S/C19H21BrN2O2S/c1-11(2)24-17-6-5-14(20)10-16(17)18(23)22-19(25)21-15-8-12(3)7-13(4)9-15/h5-11H,1-4H3,(H2,21,22,23,25). The van der Waals surface area contributed by atoms with Crippen LogP contribution in [0.5, 0.6) is 5.75 Å². The molecule has 0 bridgehead atoms. The molecule has 0 saturated carbocycles. The number of amides is 1. The molecule has 0 unspecified atom stereocenters. The largest absolute Gasteiger partial charge is 0.490 e. The number of rotatable bonds is 4. The van der Waals surface area contributed by atoms with Crippen LogP contribution in [0.25, 0.3) is 0 Å². The fraction of sp³-hybridized carbons (Fsp3) is 0.263. The molecule has 0 atom stereocenters. The maximum Gasteiger partial charge on any atom is 0.261 e. The molecule has 0 aromatic heterocycles. The fourth-order valence-corrected chi connectivity index (χ4v) is 2.99. The van der Waals surface area contributed by atoms with Crippen LogP contribution in [0.15, 0.2) is 40.9 Å². The number of hydrogen-bond acceptors (Lipinski definition) is 3. The van der Waals surface area contributed by atoms with Crippen molar-refractivity contribution in [2.75, 3.05) is 5.32 Å². The summed E-state index contributed by atoms with van der Waals surface area (Å²) in [5, 5.41) is 5.99. The summed E-state index contributed by atoms with van der Waals surface area (Å²) >= 11 is 8.65. The first kappa shape index (κ1) is 19.4. The zero-order valence-corrected chi connectivity index (χ0v) is 17.0. The van der Waals surface area contributed by atoms with E-state index in [0.29, 0.717) is 11.3 Å². The summed E-state index contributed by atoms with van der Waals surface area (Å²) in [6, 6.07) is 11.3. The lowest BCUT2D eigenvalue weighted by Crippen LogP contribution is -2.34. The van der Waals surface area contributed by atoms with Crippen LogP contribution in [-0.2, 0) is 0 Å². The van der Waals surface area contributed by atoms with E-state index in [0.717, 1.165) is 21.3 Å². The van der Waals surface area contributed by atoms with Crippen LogP contribution in [0.1, 0.15) is 35.3 Å². The van der Waals surface area contributed by atoms with Crippen LogP contribution >= 0.6 is 28.1 Å². The molecule has 0 aliphatic carbocycles. The van der Waals surface area contributed by atoms with Crippen molar-refractivity contribution in [1.82, 2.24) is 5.32 Å². The van der Waals surface area contributed by atoms with Gasteiger partial charge in [-0.05, 0) is 81.4 Å². The van der Waals surface area contributed by atoms with E-state index in [1.54, 1.807) is 12.1 Å². The van der Waals surface area contributed by atoms with Crippen molar-refractivity contribution >= 4 is 44.9 Å². The molecule has 0 aliphatic heterocycles. The van der Waals surface area contributed by atoms with Gasteiger partial charge in [-0.1, -0.05) is 22.0 Å². The number of carbonyl (C=O) groups excluding carboxylic acids is 1. The average molecular weight is 421 g/mol. The van der Waals surface area contributed by atoms with E-state index in [-0.39, 0.29) is 17.1 Å². The Balaban J connectivity index is 2.13. The molecule has 0 saturated heterocycles. The molecule has 2 aromatic carbocycles. The van der Waals surface area contributed by atoms with Crippen LogP contribution in [-0.4, -0.2) is 17.1 Å². The van der Waals surface area contributed by atoms with Crippen molar-refractivity contribution in [3.05, 3.63) is 57.6 Å². The van der Waals surface area contributed by atoms with Crippen LogP contribution in [0, 0.1) is 13.8 Å². The van der Waals surface area contributed by atoms with Gasteiger partial charge >= 0.3 is 0 Å². The lowest BCUT2D eigenvalue weighted by atomic mass is 10.1. The van der Waals surface area contributed by atoms with Crippen LogP contribution in [0.3, 0.4) is 0 Å². The number of ether oxygens (including phenoxy) is 1. The third-order valence-electron chi connectivity index (χ3n) is 3.26. The van der Waals surface area contributed by atoms with E-state index in [2.05, 4.69) is 32.6 Å². The number of thiocarbonyl (C=S) groups is 1.